The van der Waals surface area contributed by atoms with Crippen molar-refractivity contribution in [2.45, 2.75) is 38.0 Å². The minimum Gasteiger partial charge on any atom is -0.377 e. The van der Waals surface area contributed by atoms with Crippen molar-refractivity contribution in [3.8, 4) is 0 Å². The summed E-state index contributed by atoms with van der Waals surface area (Å²) in [5.41, 5.74) is 0.118. The van der Waals surface area contributed by atoms with Gasteiger partial charge in [-0.2, -0.15) is 0 Å². The summed E-state index contributed by atoms with van der Waals surface area (Å²) in [6.45, 7) is 6.51. The molecule has 0 unspecified atom stereocenters. The predicted molar refractivity (Wildman–Crippen MR) is 94.4 cm³/mol. The molecule has 2 aromatic heterocycles. The van der Waals surface area contributed by atoms with E-state index in [2.05, 4.69) is 9.38 Å². The van der Waals surface area contributed by atoms with Crippen LogP contribution in [-0.2, 0) is 4.74 Å². The van der Waals surface area contributed by atoms with Gasteiger partial charge in [-0.25, -0.2) is 22.6 Å². The lowest BCUT2D eigenvalue weighted by Gasteiger charge is -2.27. The summed E-state index contributed by atoms with van der Waals surface area (Å²) >= 11 is 6.84. The van der Waals surface area contributed by atoms with Crippen molar-refractivity contribution in [1.29, 1.82) is 0 Å². The summed E-state index contributed by atoms with van der Waals surface area (Å²) in [6, 6.07) is 1.09. The zero-order valence-electron chi connectivity index (χ0n) is 13.9. The van der Waals surface area contributed by atoms with Gasteiger partial charge >= 0.3 is 0 Å². The molecule has 0 N–H and O–H groups in total. The molecular formula is C16H17ClF3N3OS. The van der Waals surface area contributed by atoms with Gasteiger partial charge in [-0.1, -0.05) is 11.6 Å². The molecule has 136 valence electrons. The fourth-order valence-electron chi connectivity index (χ4n) is 2.38. The highest BCUT2D eigenvalue weighted by atomic mass is 35.5. The zero-order chi connectivity index (χ0) is 18.4. The molecule has 4 nitrogen and oxygen atoms in total. The van der Waals surface area contributed by atoms with Crippen LogP contribution in [0, 0.1) is 5.82 Å². The fourth-order valence-corrected chi connectivity index (χ4v) is 3.07. The molecule has 2 aromatic rings. The quantitative estimate of drug-likeness (QED) is 0.422. The van der Waals surface area contributed by atoms with Crippen molar-refractivity contribution < 1.29 is 17.9 Å². The number of fused-ring (bicyclic) bond motifs is 1. The molecule has 25 heavy (non-hydrogen) atoms. The van der Waals surface area contributed by atoms with Crippen molar-refractivity contribution in [3.63, 3.8) is 0 Å². The number of hydrogen-bond donors (Lipinski definition) is 0. The van der Waals surface area contributed by atoms with Crippen LogP contribution in [0.4, 0.5) is 13.2 Å². The van der Waals surface area contributed by atoms with Crippen molar-refractivity contribution in [3.05, 3.63) is 28.8 Å². The van der Waals surface area contributed by atoms with E-state index in [1.165, 1.54) is 6.20 Å². The van der Waals surface area contributed by atoms with Crippen LogP contribution in [0.3, 0.4) is 0 Å². The van der Waals surface area contributed by atoms with Crippen LogP contribution < -0.4 is 0 Å². The smallest absolute Gasteiger partial charge is 0.281 e. The van der Waals surface area contributed by atoms with E-state index >= 15 is 0 Å². The van der Waals surface area contributed by atoms with Gasteiger partial charge in [-0.05, 0) is 38.8 Å². The molecule has 0 aromatic carbocycles. The second kappa shape index (κ2) is 6.81. The van der Waals surface area contributed by atoms with Crippen LogP contribution in [0.15, 0.2) is 16.7 Å². The van der Waals surface area contributed by atoms with E-state index in [9.17, 15) is 13.2 Å². The second-order valence-corrected chi connectivity index (χ2v) is 8.70. The van der Waals surface area contributed by atoms with Crippen LogP contribution in [0.1, 0.15) is 32.4 Å². The van der Waals surface area contributed by atoms with Gasteiger partial charge in [-0.15, -0.1) is 0 Å². The molecule has 0 bridgehead atoms. The molecule has 0 saturated carbocycles. The second-order valence-electron chi connectivity index (χ2n) is 6.75. The highest BCUT2D eigenvalue weighted by Crippen LogP contribution is 2.33. The fraction of sp³-hybridized carbons (Fsp3) is 0.500. The van der Waals surface area contributed by atoms with Gasteiger partial charge in [0.15, 0.2) is 11.0 Å². The van der Waals surface area contributed by atoms with Crippen LogP contribution in [0.25, 0.3) is 11.0 Å². The van der Waals surface area contributed by atoms with Crippen LogP contribution in [0.5, 0.6) is 0 Å². The molecule has 0 aliphatic carbocycles. The summed E-state index contributed by atoms with van der Waals surface area (Å²) in [7, 11) is 0. The van der Waals surface area contributed by atoms with E-state index in [4.69, 9.17) is 16.3 Å². The minimum atomic E-state index is -2.80. The van der Waals surface area contributed by atoms with E-state index in [0.717, 1.165) is 18.0 Å². The van der Waals surface area contributed by atoms with E-state index < -0.39 is 18.0 Å². The summed E-state index contributed by atoms with van der Waals surface area (Å²) in [4.78, 5) is 4.04. The Morgan fingerprint density at radius 2 is 2.12 bits per heavy atom. The number of nitrogens with zero attached hydrogens (tertiary/aromatic N) is 3. The van der Waals surface area contributed by atoms with Crippen LogP contribution in [0.2, 0.25) is 5.15 Å². The third-order valence-corrected chi connectivity index (χ3v) is 4.73. The Hall–Kier alpha value is -1.25. The number of ether oxygens (including phenoxy) is 1. The first-order valence-corrected chi connectivity index (χ1v) is 8.81. The molecule has 3 rings (SSSR count). The highest BCUT2D eigenvalue weighted by molar-refractivity contribution is 7.99. The lowest BCUT2D eigenvalue weighted by molar-refractivity contribution is -0.0216. The Balaban J connectivity index is 2.18. The third kappa shape index (κ3) is 3.80. The number of alkyl halides is 2. The van der Waals surface area contributed by atoms with Gasteiger partial charge < -0.3 is 9.30 Å². The monoisotopic (exact) mass is 391 g/mol. The van der Waals surface area contributed by atoms with Crippen LogP contribution in [-0.4, -0.2) is 39.6 Å². The maximum absolute atomic E-state index is 13.9. The Morgan fingerprint density at radius 3 is 2.64 bits per heavy atom. The summed E-state index contributed by atoms with van der Waals surface area (Å²) < 4.78 is 51.8. The summed E-state index contributed by atoms with van der Waals surface area (Å²) in [6.07, 6.45) is -1.26. The molecule has 0 atom stereocenters. The first-order valence-electron chi connectivity index (χ1n) is 7.66. The maximum Gasteiger partial charge on any atom is 0.281 e. The molecule has 1 fully saturated rings. The Bertz CT molecular complexity index is 828. The molecule has 0 radical (unpaired) electrons. The van der Waals surface area contributed by atoms with E-state index in [1.54, 1.807) is 4.57 Å². The number of hydrogen-bond acceptors (Lipinski definition) is 4. The van der Waals surface area contributed by atoms with Crippen LogP contribution >= 0.6 is 23.5 Å². The Kier molecular flexibility index (Phi) is 5.05. The average molecular weight is 392 g/mol. The van der Waals surface area contributed by atoms with E-state index in [1.807, 2.05) is 20.8 Å². The molecule has 1 aliphatic rings. The number of pyridine rings is 1. The molecule has 1 aliphatic heterocycles. The zero-order valence-corrected chi connectivity index (χ0v) is 15.5. The minimum absolute atomic E-state index is 0.0422. The van der Waals surface area contributed by atoms with E-state index in [0.29, 0.717) is 18.9 Å². The van der Waals surface area contributed by atoms with Gasteiger partial charge in [0, 0.05) is 21.9 Å². The topological polar surface area (TPSA) is 39.4 Å². The standard InChI is InChI=1S/C16H17ClF3N3OS/c1-16(2,3)25-22-12(14(19)20)10-5-23(8-6-24-7-8)15-9(10)4-11(18)13(17)21-15/h4-5,8,14H,6-7H2,1-3H3. The van der Waals surface area contributed by atoms with Gasteiger partial charge in [0.25, 0.3) is 6.43 Å². The van der Waals surface area contributed by atoms with Gasteiger partial charge in [0.2, 0.25) is 0 Å². The van der Waals surface area contributed by atoms with Crippen molar-refractivity contribution >= 4 is 40.3 Å². The summed E-state index contributed by atoms with van der Waals surface area (Å²) in [5.74, 6) is -0.755. The van der Waals surface area contributed by atoms with Crippen molar-refractivity contribution in [2.24, 2.45) is 4.40 Å². The highest BCUT2D eigenvalue weighted by Gasteiger charge is 2.29. The SMILES string of the molecule is CC(C)(C)SN=C(c1cn(C2COC2)c2nc(Cl)c(F)cc12)C(F)F. The molecular weight excluding hydrogens is 375 g/mol. The van der Waals surface area contributed by atoms with Gasteiger partial charge in [-0.3, -0.25) is 0 Å². The number of halogens is 4. The molecule has 3 heterocycles. The lowest BCUT2D eigenvalue weighted by Crippen LogP contribution is -2.30. The number of rotatable bonds is 4. The normalized spacial score (nSPS) is 16.7. The predicted octanol–water partition coefficient (Wildman–Crippen LogP) is 4.90. The molecule has 0 amide bonds. The van der Waals surface area contributed by atoms with Crippen molar-refractivity contribution in [2.75, 3.05) is 13.2 Å². The first-order chi connectivity index (χ1) is 11.7. The Morgan fingerprint density at radius 1 is 1.44 bits per heavy atom. The largest absolute Gasteiger partial charge is 0.377 e. The van der Waals surface area contributed by atoms with E-state index in [-0.39, 0.29) is 26.9 Å². The lowest BCUT2D eigenvalue weighted by atomic mass is 10.1. The number of aromatic nitrogens is 2. The molecule has 1 saturated heterocycles. The third-order valence-electron chi connectivity index (χ3n) is 3.63. The average Bonchev–Trinajstić information content (AvgIpc) is 2.75. The maximum atomic E-state index is 13.9. The molecule has 9 heteroatoms. The molecule has 0 spiro atoms. The van der Waals surface area contributed by atoms with Gasteiger partial charge in [0.05, 0.1) is 19.3 Å². The van der Waals surface area contributed by atoms with Crippen molar-refractivity contribution in [1.82, 2.24) is 9.55 Å². The Labute approximate surface area is 152 Å². The van der Waals surface area contributed by atoms with Gasteiger partial charge in [0.1, 0.15) is 11.4 Å². The summed E-state index contributed by atoms with van der Waals surface area (Å²) in [5, 5.41) is -0.0272. The first kappa shape index (κ1) is 18.5.